The van der Waals surface area contributed by atoms with Crippen LogP contribution in [-0.2, 0) is 21.3 Å². The van der Waals surface area contributed by atoms with Gasteiger partial charge in [-0.15, -0.1) is 4.36 Å². The van der Waals surface area contributed by atoms with Crippen LogP contribution in [0.15, 0.2) is 51.0 Å². The number of carbonyl (C=O) groups excluding carboxylic acids is 1. The fraction of sp³-hybridized carbons (Fsp3) is 0.500. The molecule has 0 heterocycles. The van der Waals surface area contributed by atoms with Gasteiger partial charge in [-0.2, -0.15) is 0 Å². The number of rotatable bonds is 7. The van der Waals surface area contributed by atoms with Gasteiger partial charge in [0.1, 0.15) is 21.6 Å². The van der Waals surface area contributed by atoms with Gasteiger partial charge in [-0.25, -0.2) is 18.1 Å². The quantitative estimate of drug-likeness (QED) is 0.675. The summed E-state index contributed by atoms with van der Waals surface area (Å²) in [5, 5.41) is 5.78. The maximum absolute atomic E-state index is 14.5. The number of nitrogens with two attached hydrogens (primary N) is 1. The van der Waals surface area contributed by atoms with E-state index in [1.54, 1.807) is 6.07 Å². The van der Waals surface area contributed by atoms with Crippen molar-refractivity contribution < 1.29 is 17.8 Å². The van der Waals surface area contributed by atoms with Crippen molar-refractivity contribution in [2.24, 2.45) is 27.3 Å². The van der Waals surface area contributed by atoms with Gasteiger partial charge in [0.15, 0.2) is 0 Å². The van der Waals surface area contributed by atoms with E-state index in [1.165, 1.54) is 24.3 Å². The molecule has 5 nitrogen and oxygen atoms in total. The molecule has 3 atom stereocenters. The molecule has 1 aliphatic rings. The number of allylic oxidation sites excluding steroid dienone is 4. The SMILES string of the molecule is CCC1=CC(F)=CC(C(C)C)C1CC(=O)N=S(N)(=O)c1ccc(CN(C)C)cc1F. The van der Waals surface area contributed by atoms with Crippen molar-refractivity contribution in [3.63, 3.8) is 0 Å². The molecule has 8 heteroatoms. The van der Waals surface area contributed by atoms with E-state index in [0.717, 1.165) is 5.57 Å². The normalized spacial score (nSPS) is 21.3. The third kappa shape index (κ3) is 6.06. The van der Waals surface area contributed by atoms with Crippen molar-refractivity contribution in [2.75, 3.05) is 14.1 Å². The van der Waals surface area contributed by atoms with Gasteiger partial charge in [0.05, 0.1) is 4.90 Å². The standard InChI is InChI=1S/C22H31F2N3O2S/c1-6-16-10-17(23)11-18(14(2)3)19(16)12-22(28)26-30(25,29)21-8-7-15(9-20(21)24)13-27(4)5/h7-11,14,18-19H,6,12-13H2,1-5H3,(H2,25,26,28,29). The van der Waals surface area contributed by atoms with Crippen LogP contribution in [0.3, 0.4) is 0 Å². The van der Waals surface area contributed by atoms with E-state index in [9.17, 15) is 17.8 Å². The summed E-state index contributed by atoms with van der Waals surface area (Å²) in [7, 11) is -0.0333. The van der Waals surface area contributed by atoms with Crippen LogP contribution in [0.1, 0.15) is 39.2 Å². The second-order valence-corrected chi connectivity index (χ2v) is 10.1. The highest BCUT2D eigenvalue weighted by Crippen LogP contribution is 2.38. The number of benzene rings is 1. The number of carbonyl (C=O) groups is 1. The van der Waals surface area contributed by atoms with E-state index in [4.69, 9.17) is 5.14 Å². The molecule has 0 aromatic heterocycles. The molecule has 0 fully saturated rings. The summed E-state index contributed by atoms with van der Waals surface area (Å²) < 4.78 is 45.0. The van der Waals surface area contributed by atoms with E-state index in [-0.39, 0.29) is 34.9 Å². The first-order chi connectivity index (χ1) is 13.9. The molecule has 0 aliphatic heterocycles. The largest absolute Gasteiger partial charge is 0.305 e. The molecule has 1 aromatic rings. The van der Waals surface area contributed by atoms with Gasteiger partial charge in [0, 0.05) is 13.0 Å². The van der Waals surface area contributed by atoms with Crippen LogP contribution in [-0.4, -0.2) is 29.1 Å². The summed E-state index contributed by atoms with van der Waals surface area (Å²) in [6.45, 7) is 6.32. The van der Waals surface area contributed by atoms with Crippen LogP contribution in [0.5, 0.6) is 0 Å². The van der Waals surface area contributed by atoms with Crippen LogP contribution < -0.4 is 5.14 Å². The van der Waals surface area contributed by atoms with Gasteiger partial charge in [-0.05, 0) is 68.1 Å². The molecule has 1 amide bonds. The van der Waals surface area contributed by atoms with E-state index in [0.29, 0.717) is 18.5 Å². The first-order valence-corrected chi connectivity index (χ1v) is 11.6. The summed E-state index contributed by atoms with van der Waals surface area (Å²) in [6, 6.07) is 4.19. The Kier molecular flexibility index (Phi) is 8.07. The average Bonchev–Trinajstić information content (AvgIpc) is 2.61. The van der Waals surface area contributed by atoms with Gasteiger partial charge >= 0.3 is 0 Å². The Morgan fingerprint density at radius 3 is 2.50 bits per heavy atom. The number of hydrogen-bond acceptors (Lipinski definition) is 3. The molecular weight excluding hydrogens is 408 g/mol. The van der Waals surface area contributed by atoms with Gasteiger partial charge in [-0.3, -0.25) is 4.79 Å². The van der Waals surface area contributed by atoms with Crippen LogP contribution in [0.4, 0.5) is 8.78 Å². The summed E-state index contributed by atoms with van der Waals surface area (Å²) in [6.07, 6.45) is 3.49. The molecule has 0 saturated carbocycles. The molecule has 30 heavy (non-hydrogen) atoms. The lowest BCUT2D eigenvalue weighted by molar-refractivity contribution is -0.118. The second-order valence-electron chi connectivity index (χ2n) is 8.31. The van der Waals surface area contributed by atoms with Crippen molar-refractivity contribution >= 4 is 15.8 Å². The van der Waals surface area contributed by atoms with Crippen molar-refractivity contribution in [3.8, 4) is 0 Å². The van der Waals surface area contributed by atoms with E-state index in [1.807, 2.05) is 39.8 Å². The lowest BCUT2D eigenvalue weighted by atomic mass is 9.73. The van der Waals surface area contributed by atoms with E-state index < -0.39 is 21.6 Å². The molecular formula is C22H31F2N3O2S. The monoisotopic (exact) mass is 439 g/mol. The Bertz CT molecular complexity index is 977. The highest BCUT2D eigenvalue weighted by Gasteiger charge is 2.31. The fourth-order valence-electron chi connectivity index (χ4n) is 3.84. The molecule has 0 bridgehead atoms. The Labute approximate surface area is 178 Å². The smallest absolute Gasteiger partial charge is 0.255 e. The number of amides is 1. The lowest BCUT2D eigenvalue weighted by Gasteiger charge is -2.31. The first kappa shape index (κ1) is 24.4. The Morgan fingerprint density at radius 2 is 1.97 bits per heavy atom. The van der Waals surface area contributed by atoms with Gasteiger partial charge in [0.25, 0.3) is 5.91 Å². The molecule has 2 N–H and O–H groups in total. The van der Waals surface area contributed by atoms with E-state index >= 15 is 0 Å². The van der Waals surface area contributed by atoms with Crippen molar-refractivity contribution in [1.82, 2.24) is 4.90 Å². The first-order valence-electron chi connectivity index (χ1n) is 10.0. The van der Waals surface area contributed by atoms with Crippen LogP contribution in [0, 0.1) is 23.6 Å². The third-order valence-electron chi connectivity index (χ3n) is 5.24. The minimum Gasteiger partial charge on any atom is -0.305 e. The minimum atomic E-state index is -3.73. The molecule has 1 aromatic carbocycles. The zero-order chi connectivity index (χ0) is 22.6. The van der Waals surface area contributed by atoms with Gasteiger partial charge in [-0.1, -0.05) is 32.4 Å². The van der Waals surface area contributed by atoms with E-state index in [2.05, 4.69) is 4.36 Å². The maximum atomic E-state index is 14.5. The number of hydrogen-bond donors (Lipinski definition) is 1. The topological polar surface area (TPSA) is 75.8 Å². The predicted octanol–water partition coefficient (Wildman–Crippen LogP) is 4.60. The average molecular weight is 440 g/mol. The number of halogens is 2. The summed E-state index contributed by atoms with van der Waals surface area (Å²) in [5.74, 6) is -2.07. The third-order valence-corrected chi connectivity index (χ3v) is 6.67. The zero-order valence-electron chi connectivity index (χ0n) is 18.2. The molecule has 0 saturated heterocycles. The van der Waals surface area contributed by atoms with Crippen molar-refractivity contribution in [2.45, 2.75) is 45.1 Å². The van der Waals surface area contributed by atoms with Crippen LogP contribution in [0.2, 0.25) is 0 Å². The molecule has 0 radical (unpaired) electrons. The van der Waals surface area contributed by atoms with Crippen LogP contribution in [0.25, 0.3) is 0 Å². The molecule has 0 spiro atoms. The second kappa shape index (κ2) is 9.94. The highest BCUT2D eigenvalue weighted by atomic mass is 32.2. The van der Waals surface area contributed by atoms with Crippen molar-refractivity contribution in [3.05, 3.63) is 53.1 Å². The molecule has 166 valence electrons. The summed E-state index contributed by atoms with van der Waals surface area (Å²) in [5.41, 5.74) is 1.50. The molecule has 3 unspecified atom stereocenters. The van der Waals surface area contributed by atoms with Gasteiger partial charge < -0.3 is 4.90 Å². The highest BCUT2D eigenvalue weighted by molar-refractivity contribution is 7.91. The molecule has 2 rings (SSSR count). The fourth-order valence-corrected chi connectivity index (χ4v) is 4.92. The van der Waals surface area contributed by atoms with Crippen LogP contribution >= 0.6 is 0 Å². The Hall–Kier alpha value is -1.90. The Morgan fingerprint density at radius 1 is 1.30 bits per heavy atom. The maximum Gasteiger partial charge on any atom is 0.255 e. The molecule has 1 aliphatic carbocycles. The van der Waals surface area contributed by atoms with Crippen molar-refractivity contribution in [1.29, 1.82) is 0 Å². The zero-order valence-corrected chi connectivity index (χ0v) is 19.0. The van der Waals surface area contributed by atoms with Gasteiger partial charge in [0.2, 0.25) is 0 Å². The lowest BCUT2D eigenvalue weighted by Crippen LogP contribution is -2.26. The minimum absolute atomic E-state index is 0.0547. The summed E-state index contributed by atoms with van der Waals surface area (Å²) in [4.78, 5) is 14.2. The summed E-state index contributed by atoms with van der Waals surface area (Å²) >= 11 is 0. The number of nitrogens with zero attached hydrogens (tertiary/aromatic N) is 2. The Balaban J connectivity index is 2.30. The predicted molar refractivity (Wildman–Crippen MR) is 116 cm³/mol.